The maximum atomic E-state index is 11.6. The minimum atomic E-state index is -0.259. The first-order valence-corrected chi connectivity index (χ1v) is 4.97. The molecule has 0 aromatic rings. The smallest absolute Gasteiger partial charge is 0.225 e. The number of nitrogens with one attached hydrogen (secondary N) is 1. The normalized spacial score (nSPS) is 19.7. The van der Waals surface area contributed by atoms with Gasteiger partial charge in [0.1, 0.15) is 0 Å². The van der Waals surface area contributed by atoms with Crippen LogP contribution in [0.25, 0.3) is 0 Å². The molecule has 1 rings (SSSR count). The zero-order chi connectivity index (χ0) is 10.1. The van der Waals surface area contributed by atoms with Crippen LogP contribution in [0.3, 0.4) is 0 Å². The number of hydrogen-bond donors (Lipinski definition) is 2. The molecule has 3 nitrogen and oxygen atoms in total. The maximum absolute atomic E-state index is 11.6. The van der Waals surface area contributed by atoms with Crippen molar-refractivity contribution in [3.8, 4) is 0 Å². The monoisotopic (exact) mass is 184 g/mol. The van der Waals surface area contributed by atoms with Crippen molar-refractivity contribution in [1.29, 1.82) is 0 Å². The minimum absolute atomic E-state index is 0.0838. The van der Waals surface area contributed by atoms with E-state index in [1.807, 2.05) is 20.8 Å². The first-order chi connectivity index (χ1) is 5.90. The van der Waals surface area contributed by atoms with Gasteiger partial charge in [-0.25, -0.2) is 0 Å². The molecule has 1 saturated carbocycles. The van der Waals surface area contributed by atoms with Gasteiger partial charge in [0.2, 0.25) is 5.91 Å². The summed E-state index contributed by atoms with van der Waals surface area (Å²) in [6, 6.07) is 0. The van der Waals surface area contributed by atoms with Gasteiger partial charge in [0.05, 0.1) is 0 Å². The topological polar surface area (TPSA) is 55.1 Å². The Labute approximate surface area is 80.1 Å². The van der Waals surface area contributed by atoms with Crippen molar-refractivity contribution >= 4 is 5.91 Å². The van der Waals surface area contributed by atoms with Gasteiger partial charge < -0.3 is 11.1 Å². The summed E-state index contributed by atoms with van der Waals surface area (Å²) in [4.78, 5) is 11.6. The summed E-state index contributed by atoms with van der Waals surface area (Å²) >= 11 is 0. The van der Waals surface area contributed by atoms with Crippen LogP contribution in [-0.2, 0) is 4.79 Å². The zero-order valence-electron chi connectivity index (χ0n) is 8.81. The summed E-state index contributed by atoms with van der Waals surface area (Å²) in [5.74, 6) is 0.117. The predicted octanol–water partition coefficient (Wildman–Crippen LogP) is 1.03. The van der Waals surface area contributed by atoms with E-state index in [4.69, 9.17) is 5.73 Å². The highest BCUT2D eigenvalue weighted by molar-refractivity contribution is 5.81. The molecule has 13 heavy (non-hydrogen) atoms. The van der Waals surface area contributed by atoms with Crippen molar-refractivity contribution in [3.05, 3.63) is 0 Å². The second-order valence-electron chi connectivity index (χ2n) is 4.78. The number of nitrogens with two attached hydrogens (primary N) is 1. The number of amides is 1. The van der Waals surface area contributed by atoms with Gasteiger partial charge in [0.25, 0.3) is 0 Å². The standard InChI is InChI=1S/C10H20N2O/c1-4-9(2,3)8(13)12-7-10(11)5-6-10/h4-7,11H2,1-3H3,(H,12,13). The largest absolute Gasteiger partial charge is 0.354 e. The summed E-state index contributed by atoms with van der Waals surface area (Å²) in [6.45, 7) is 6.57. The van der Waals surface area contributed by atoms with E-state index >= 15 is 0 Å². The summed E-state index contributed by atoms with van der Waals surface area (Å²) < 4.78 is 0. The molecule has 0 bridgehead atoms. The highest BCUT2D eigenvalue weighted by Gasteiger charge is 2.39. The third-order valence-electron chi connectivity index (χ3n) is 2.99. The lowest BCUT2D eigenvalue weighted by Gasteiger charge is -2.22. The van der Waals surface area contributed by atoms with Crippen LogP contribution in [0.1, 0.15) is 40.0 Å². The molecule has 1 amide bonds. The molecule has 0 aliphatic heterocycles. The molecule has 0 aromatic heterocycles. The lowest BCUT2D eigenvalue weighted by atomic mass is 9.89. The summed E-state index contributed by atoms with van der Waals surface area (Å²) in [6.07, 6.45) is 2.94. The van der Waals surface area contributed by atoms with Crippen molar-refractivity contribution in [2.45, 2.75) is 45.6 Å². The van der Waals surface area contributed by atoms with E-state index in [1.165, 1.54) is 0 Å². The molecule has 0 aromatic carbocycles. The van der Waals surface area contributed by atoms with E-state index in [0.717, 1.165) is 19.3 Å². The van der Waals surface area contributed by atoms with E-state index in [0.29, 0.717) is 6.54 Å². The average Bonchev–Trinajstić information content (AvgIpc) is 2.80. The van der Waals surface area contributed by atoms with Crippen LogP contribution >= 0.6 is 0 Å². The van der Waals surface area contributed by atoms with Crippen LogP contribution in [0, 0.1) is 5.41 Å². The Morgan fingerprint density at radius 3 is 2.46 bits per heavy atom. The summed E-state index contributed by atoms with van der Waals surface area (Å²) in [5, 5.41) is 2.91. The Morgan fingerprint density at radius 1 is 1.54 bits per heavy atom. The first-order valence-electron chi connectivity index (χ1n) is 4.97. The number of carbonyl (C=O) groups excluding carboxylic acids is 1. The third kappa shape index (κ3) is 2.69. The Morgan fingerprint density at radius 2 is 2.08 bits per heavy atom. The Balaban J connectivity index is 2.32. The van der Waals surface area contributed by atoms with Crippen LogP contribution < -0.4 is 11.1 Å². The average molecular weight is 184 g/mol. The summed E-state index contributed by atoms with van der Waals surface area (Å²) in [5.41, 5.74) is 5.52. The Kier molecular flexibility index (Phi) is 2.66. The van der Waals surface area contributed by atoms with Gasteiger partial charge in [0, 0.05) is 17.5 Å². The number of rotatable bonds is 4. The van der Waals surface area contributed by atoms with Gasteiger partial charge >= 0.3 is 0 Å². The van der Waals surface area contributed by atoms with Gasteiger partial charge in [0.15, 0.2) is 0 Å². The summed E-state index contributed by atoms with van der Waals surface area (Å²) in [7, 11) is 0. The van der Waals surface area contributed by atoms with Crippen LogP contribution in [0.5, 0.6) is 0 Å². The molecule has 3 N–H and O–H groups in total. The van der Waals surface area contributed by atoms with Gasteiger partial charge in [-0.1, -0.05) is 20.8 Å². The molecule has 0 saturated heterocycles. The van der Waals surface area contributed by atoms with Crippen LogP contribution in [0.2, 0.25) is 0 Å². The van der Waals surface area contributed by atoms with Gasteiger partial charge in [-0.3, -0.25) is 4.79 Å². The van der Waals surface area contributed by atoms with E-state index in [-0.39, 0.29) is 16.9 Å². The second kappa shape index (κ2) is 3.29. The molecule has 0 radical (unpaired) electrons. The van der Waals surface area contributed by atoms with Crippen LogP contribution in [0.15, 0.2) is 0 Å². The molecule has 1 fully saturated rings. The van der Waals surface area contributed by atoms with E-state index in [1.54, 1.807) is 0 Å². The minimum Gasteiger partial charge on any atom is -0.354 e. The first kappa shape index (κ1) is 10.5. The fourth-order valence-corrected chi connectivity index (χ4v) is 0.993. The van der Waals surface area contributed by atoms with E-state index in [9.17, 15) is 4.79 Å². The fourth-order valence-electron chi connectivity index (χ4n) is 0.993. The molecule has 0 heterocycles. The molecule has 0 unspecified atom stereocenters. The van der Waals surface area contributed by atoms with Gasteiger partial charge in [-0.05, 0) is 19.3 Å². The van der Waals surface area contributed by atoms with Crippen molar-refractivity contribution in [2.75, 3.05) is 6.54 Å². The quantitative estimate of drug-likeness (QED) is 0.685. The molecule has 1 aliphatic rings. The Hall–Kier alpha value is -0.570. The third-order valence-corrected chi connectivity index (χ3v) is 2.99. The molecular weight excluding hydrogens is 164 g/mol. The SMILES string of the molecule is CCC(C)(C)C(=O)NCC1(N)CC1. The fraction of sp³-hybridized carbons (Fsp3) is 0.900. The molecule has 0 spiro atoms. The zero-order valence-corrected chi connectivity index (χ0v) is 8.81. The van der Waals surface area contributed by atoms with E-state index < -0.39 is 0 Å². The van der Waals surface area contributed by atoms with Crippen LogP contribution in [-0.4, -0.2) is 18.0 Å². The van der Waals surface area contributed by atoms with Gasteiger partial charge in [-0.2, -0.15) is 0 Å². The number of carbonyl (C=O) groups is 1. The van der Waals surface area contributed by atoms with Gasteiger partial charge in [-0.15, -0.1) is 0 Å². The molecule has 3 heteroatoms. The number of hydrogen-bond acceptors (Lipinski definition) is 2. The molecule has 76 valence electrons. The van der Waals surface area contributed by atoms with Crippen molar-refractivity contribution in [1.82, 2.24) is 5.32 Å². The lowest BCUT2D eigenvalue weighted by molar-refractivity contribution is -0.129. The molecule has 0 atom stereocenters. The molecule has 1 aliphatic carbocycles. The molecular formula is C10H20N2O. The second-order valence-corrected chi connectivity index (χ2v) is 4.78. The van der Waals surface area contributed by atoms with Crippen molar-refractivity contribution < 1.29 is 4.79 Å². The highest BCUT2D eigenvalue weighted by Crippen LogP contribution is 2.31. The predicted molar refractivity (Wildman–Crippen MR) is 53.2 cm³/mol. The Bertz CT molecular complexity index is 207. The maximum Gasteiger partial charge on any atom is 0.225 e. The van der Waals surface area contributed by atoms with E-state index in [2.05, 4.69) is 5.32 Å². The van der Waals surface area contributed by atoms with Crippen molar-refractivity contribution in [2.24, 2.45) is 11.1 Å². The van der Waals surface area contributed by atoms with Crippen LogP contribution in [0.4, 0.5) is 0 Å². The highest BCUT2D eigenvalue weighted by atomic mass is 16.2. The van der Waals surface area contributed by atoms with Crippen molar-refractivity contribution in [3.63, 3.8) is 0 Å². The lowest BCUT2D eigenvalue weighted by Crippen LogP contribution is -2.44.